The summed E-state index contributed by atoms with van der Waals surface area (Å²) in [5.74, 6) is -0.0709. The van der Waals surface area contributed by atoms with Gasteiger partial charge in [-0.25, -0.2) is 0 Å². The Bertz CT molecular complexity index is 431. The number of rotatable bonds is 5. The summed E-state index contributed by atoms with van der Waals surface area (Å²) in [4.78, 5) is 12.3. The second-order valence-corrected chi connectivity index (χ2v) is 6.84. The Hall–Kier alpha value is -1.35. The van der Waals surface area contributed by atoms with E-state index < -0.39 is 0 Å². The molecule has 3 heteroatoms. The normalized spacial score (nSPS) is 14.7. The van der Waals surface area contributed by atoms with E-state index in [2.05, 4.69) is 57.3 Å². The van der Waals surface area contributed by atoms with Crippen LogP contribution < -0.4 is 11.1 Å². The van der Waals surface area contributed by atoms with Gasteiger partial charge in [-0.3, -0.25) is 4.79 Å². The van der Waals surface area contributed by atoms with Crippen LogP contribution in [0.4, 0.5) is 0 Å². The number of hydrogen-bond acceptors (Lipinski definition) is 2. The summed E-state index contributed by atoms with van der Waals surface area (Å²) < 4.78 is 0. The van der Waals surface area contributed by atoms with E-state index in [0.717, 1.165) is 12.0 Å². The van der Waals surface area contributed by atoms with Crippen molar-refractivity contribution in [3.63, 3.8) is 0 Å². The Labute approximate surface area is 122 Å². The highest BCUT2D eigenvalue weighted by Crippen LogP contribution is 2.24. The molecular weight excluding hydrogens is 248 g/mol. The molecule has 0 fully saturated rings. The van der Waals surface area contributed by atoms with Gasteiger partial charge in [-0.05, 0) is 31.2 Å². The van der Waals surface area contributed by atoms with E-state index in [1.54, 1.807) is 0 Å². The molecule has 112 valence electrons. The fourth-order valence-electron chi connectivity index (χ4n) is 2.29. The molecule has 1 amide bonds. The second-order valence-electron chi connectivity index (χ2n) is 6.84. The molecule has 3 nitrogen and oxygen atoms in total. The van der Waals surface area contributed by atoms with Gasteiger partial charge >= 0.3 is 0 Å². The first-order chi connectivity index (χ1) is 9.23. The lowest BCUT2D eigenvalue weighted by Gasteiger charge is -2.26. The zero-order valence-electron chi connectivity index (χ0n) is 13.4. The van der Waals surface area contributed by atoms with Crippen LogP contribution in [0.5, 0.6) is 0 Å². The summed E-state index contributed by atoms with van der Waals surface area (Å²) in [6.07, 6.45) is 0.802. The summed E-state index contributed by atoms with van der Waals surface area (Å²) in [7, 11) is 0. The van der Waals surface area contributed by atoms with E-state index in [4.69, 9.17) is 5.73 Å². The largest absolute Gasteiger partial charge is 0.349 e. The summed E-state index contributed by atoms with van der Waals surface area (Å²) in [5.41, 5.74) is 8.20. The molecule has 3 N–H and O–H groups in total. The fourth-order valence-corrected chi connectivity index (χ4v) is 2.29. The lowest BCUT2D eigenvalue weighted by molar-refractivity contribution is -0.126. The maximum absolute atomic E-state index is 12.3. The minimum atomic E-state index is -0.122. The third-order valence-electron chi connectivity index (χ3n) is 3.45. The maximum atomic E-state index is 12.3. The molecule has 1 rings (SSSR count). The Balaban J connectivity index is 2.66. The predicted molar refractivity (Wildman–Crippen MR) is 84.4 cm³/mol. The van der Waals surface area contributed by atoms with Crippen molar-refractivity contribution in [3.05, 3.63) is 35.4 Å². The summed E-state index contributed by atoms with van der Waals surface area (Å²) in [6.45, 7) is 10.8. The van der Waals surface area contributed by atoms with Crippen LogP contribution in [0, 0.1) is 18.3 Å². The van der Waals surface area contributed by atoms with Gasteiger partial charge < -0.3 is 11.1 Å². The molecule has 0 radical (unpaired) electrons. The topological polar surface area (TPSA) is 55.1 Å². The van der Waals surface area contributed by atoms with Gasteiger partial charge in [-0.2, -0.15) is 0 Å². The first kappa shape index (κ1) is 16.7. The van der Waals surface area contributed by atoms with Gasteiger partial charge in [-0.1, -0.05) is 50.6 Å². The van der Waals surface area contributed by atoms with Gasteiger partial charge in [0.2, 0.25) is 5.91 Å². The lowest BCUT2D eigenvalue weighted by atomic mass is 9.84. The molecule has 0 bridgehead atoms. The number of aryl methyl sites for hydroxylation is 1. The van der Waals surface area contributed by atoms with Crippen molar-refractivity contribution < 1.29 is 4.79 Å². The standard InChI is InChI=1S/C17H28N2O/c1-12-6-8-14(9-7-12)13(2)19-16(20)15(11-18)10-17(3,4)5/h6-9,13,15H,10-11,18H2,1-5H3,(H,19,20)/t13-,15?/m1/s1. The fraction of sp³-hybridized carbons (Fsp3) is 0.588. The predicted octanol–water partition coefficient (Wildman–Crippen LogP) is 3.18. The Morgan fingerprint density at radius 2 is 1.80 bits per heavy atom. The molecule has 0 aliphatic heterocycles. The lowest BCUT2D eigenvalue weighted by Crippen LogP contribution is -2.38. The van der Waals surface area contributed by atoms with E-state index in [9.17, 15) is 4.79 Å². The highest BCUT2D eigenvalue weighted by atomic mass is 16.1. The third kappa shape index (κ3) is 5.33. The molecule has 2 atom stereocenters. The number of carbonyl (C=O) groups is 1. The minimum absolute atomic E-state index is 0.0112. The van der Waals surface area contributed by atoms with Crippen molar-refractivity contribution in [2.75, 3.05) is 6.54 Å². The second kappa shape index (κ2) is 6.89. The molecule has 20 heavy (non-hydrogen) atoms. The highest BCUT2D eigenvalue weighted by Gasteiger charge is 2.24. The summed E-state index contributed by atoms with van der Waals surface area (Å²) in [6, 6.07) is 8.25. The minimum Gasteiger partial charge on any atom is -0.349 e. The summed E-state index contributed by atoms with van der Waals surface area (Å²) >= 11 is 0. The molecule has 0 saturated heterocycles. The average molecular weight is 276 g/mol. The van der Waals surface area contributed by atoms with Crippen molar-refractivity contribution in [1.29, 1.82) is 0 Å². The number of hydrogen-bond donors (Lipinski definition) is 2. The molecule has 0 heterocycles. The van der Waals surface area contributed by atoms with Crippen molar-refractivity contribution in [1.82, 2.24) is 5.32 Å². The molecule has 0 spiro atoms. The quantitative estimate of drug-likeness (QED) is 0.868. The van der Waals surface area contributed by atoms with Crippen LogP contribution in [0.15, 0.2) is 24.3 Å². The van der Waals surface area contributed by atoms with Crippen LogP contribution in [-0.2, 0) is 4.79 Å². The van der Waals surface area contributed by atoms with Crippen LogP contribution >= 0.6 is 0 Å². The summed E-state index contributed by atoms with van der Waals surface area (Å²) in [5, 5.41) is 3.07. The average Bonchev–Trinajstić information content (AvgIpc) is 2.35. The highest BCUT2D eigenvalue weighted by molar-refractivity contribution is 5.79. The Morgan fingerprint density at radius 3 is 2.25 bits per heavy atom. The number of nitrogens with two attached hydrogens (primary N) is 1. The smallest absolute Gasteiger partial charge is 0.224 e. The van der Waals surface area contributed by atoms with E-state index in [1.807, 2.05) is 6.92 Å². The van der Waals surface area contributed by atoms with E-state index in [1.165, 1.54) is 5.56 Å². The monoisotopic (exact) mass is 276 g/mol. The third-order valence-corrected chi connectivity index (χ3v) is 3.45. The molecular formula is C17H28N2O. The van der Waals surface area contributed by atoms with Crippen LogP contribution in [-0.4, -0.2) is 12.5 Å². The van der Waals surface area contributed by atoms with Crippen molar-refractivity contribution in [2.24, 2.45) is 17.1 Å². The molecule has 1 aromatic carbocycles. The number of amides is 1. The maximum Gasteiger partial charge on any atom is 0.224 e. The molecule has 0 aromatic heterocycles. The first-order valence-electron chi connectivity index (χ1n) is 7.30. The van der Waals surface area contributed by atoms with Crippen molar-refractivity contribution in [3.8, 4) is 0 Å². The van der Waals surface area contributed by atoms with Gasteiger partial charge in [0, 0.05) is 6.54 Å². The van der Waals surface area contributed by atoms with Crippen molar-refractivity contribution >= 4 is 5.91 Å². The van der Waals surface area contributed by atoms with Crippen LogP contribution in [0.2, 0.25) is 0 Å². The van der Waals surface area contributed by atoms with Crippen molar-refractivity contribution in [2.45, 2.75) is 47.1 Å². The molecule has 0 aliphatic carbocycles. The van der Waals surface area contributed by atoms with E-state index in [0.29, 0.717) is 6.54 Å². The van der Waals surface area contributed by atoms with E-state index in [-0.39, 0.29) is 23.3 Å². The van der Waals surface area contributed by atoms with Gasteiger partial charge in [0.05, 0.1) is 12.0 Å². The van der Waals surface area contributed by atoms with Gasteiger partial charge in [0.25, 0.3) is 0 Å². The van der Waals surface area contributed by atoms with Crippen LogP contribution in [0.25, 0.3) is 0 Å². The first-order valence-corrected chi connectivity index (χ1v) is 7.30. The van der Waals surface area contributed by atoms with Crippen LogP contribution in [0.3, 0.4) is 0 Å². The van der Waals surface area contributed by atoms with Crippen LogP contribution in [0.1, 0.15) is 51.3 Å². The molecule has 0 aliphatic rings. The molecule has 0 saturated carbocycles. The number of benzene rings is 1. The van der Waals surface area contributed by atoms with Gasteiger partial charge in [-0.15, -0.1) is 0 Å². The van der Waals surface area contributed by atoms with E-state index >= 15 is 0 Å². The number of nitrogens with one attached hydrogen (secondary N) is 1. The number of carbonyl (C=O) groups excluding carboxylic acids is 1. The zero-order valence-corrected chi connectivity index (χ0v) is 13.4. The molecule has 1 aromatic rings. The van der Waals surface area contributed by atoms with Gasteiger partial charge in [0.15, 0.2) is 0 Å². The SMILES string of the molecule is Cc1ccc([C@@H](C)NC(=O)C(CN)CC(C)(C)C)cc1. The Kier molecular flexibility index (Phi) is 5.75. The zero-order chi connectivity index (χ0) is 15.3. The molecule has 1 unspecified atom stereocenters. The van der Waals surface area contributed by atoms with Gasteiger partial charge in [0.1, 0.15) is 0 Å². The Morgan fingerprint density at radius 1 is 1.25 bits per heavy atom.